The highest BCUT2D eigenvalue weighted by molar-refractivity contribution is 7.10. The van der Waals surface area contributed by atoms with Crippen LogP contribution in [0.4, 0.5) is 5.69 Å². The van der Waals surface area contributed by atoms with E-state index in [0.29, 0.717) is 16.8 Å². The molecule has 136 valence electrons. The molecule has 1 fully saturated rings. The number of likely N-dealkylation sites (tertiary alicyclic amines) is 1. The number of anilines is 1. The van der Waals surface area contributed by atoms with Crippen molar-refractivity contribution in [1.82, 2.24) is 9.88 Å². The molecule has 0 spiro atoms. The zero-order chi connectivity index (χ0) is 18.6. The number of carbonyl (C=O) groups is 2. The van der Waals surface area contributed by atoms with E-state index in [4.69, 9.17) is 0 Å². The normalized spacial score (nSPS) is 16.3. The van der Waals surface area contributed by atoms with Crippen LogP contribution in [0.1, 0.15) is 44.5 Å². The highest BCUT2D eigenvalue weighted by Gasteiger charge is 2.31. The number of nitrogens with zero attached hydrogens (tertiary/aromatic N) is 2. The largest absolute Gasteiger partial charge is 0.331 e. The smallest absolute Gasteiger partial charge is 0.257 e. The van der Waals surface area contributed by atoms with E-state index in [9.17, 15) is 9.59 Å². The van der Waals surface area contributed by atoms with E-state index < -0.39 is 0 Å². The summed E-state index contributed by atoms with van der Waals surface area (Å²) in [7, 11) is 0. The highest BCUT2D eigenvalue weighted by atomic mass is 32.1. The lowest BCUT2D eigenvalue weighted by Crippen LogP contribution is -2.30. The van der Waals surface area contributed by atoms with E-state index in [0.717, 1.165) is 19.4 Å². The van der Waals surface area contributed by atoms with E-state index >= 15 is 0 Å². The number of aromatic nitrogens is 1. The van der Waals surface area contributed by atoms with Gasteiger partial charge in [-0.2, -0.15) is 0 Å². The van der Waals surface area contributed by atoms with Gasteiger partial charge >= 0.3 is 0 Å². The molecule has 2 aromatic heterocycles. The van der Waals surface area contributed by atoms with Crippen molar-refractivity contribution in [3.05, 3.63) is 82.3 Å². The van der Waals surface area contributed by atoms with Crippen molar-refractivity contribution in [3.8, 4) is 0 Å². The number of hydrogen-bond acceptors (Lipinski definition) is 4. The maximum atomic E-state index is 13.1. The SMILES string of the molecule is O=C(Nc1cccc(C(=O)N2CCCC2c2cccs2)c1)c1cccnc1. The number of hydrogen-bond donors (Lipinski definition) is 1. The first kappa shape index (κ1) is 17.4. The first-order chi connectivity index (χ1) is 13.2. The summed E-state index contributed by atoms with van der Waals surface area (Å²) in [6, 6.07) is 14.8. The third-order valence-corrected chi connectivity index (χ3v) is 5.65. The minimum Gasteiger partial charge on any atom is -0.331 e. The molecule has 0 bridgehead atoms. The van der Waals surface area contributed by atoms with E-state index in [2.05, 4.69) is 16.4 Å². The molecule has 1 atom stereocenters. The molecule has 1 aromatic carbocycles. The van der Waals surface area contributed by atoms with Gasteiger partial charge in [0.15, 0.2) is 0 Å². The molecule has 1 saturated heterocycles. The van der Waals surface area contributed by atoms with Crippen LogP contribution in [0.15, 0.2) is 66.3 Å². The maximum absolute atomic E-state index is 13.1. The van der Waals surface area contributed by atoms with Crippen LogP contribution in [-0.4, -0.2) is 28.2 Å². The lowest BCUT2D eigenvalue weighted by molar-refractivity contribution is 0.0737. The van der Waals surface area contributed by atoms with Gasteiger partial charge in [0.2, 0.25) is 0 Å². The molecule has 0 saturated carbocycles. The monoisotopic (exact) mass is 377 g/mol. The third-order valence-electron chi connectivity index (χ3n) is 4.68. The minimum atomic E-state index is -0.245. The van der Waals surface area contributed by atoms with Gasteiger partial charge in [-0.1, -0.05) is 12.1 Å². The molecule has 1 unspecified atom stereocenters. The second-order valence-electron chi connectivity index (χ2n) is 6.45. The lowest BCUT2D eigenvalue weighted by atomic mass is 10.1. The van der Waals surface area contributed by atoms with Gasteiger partial charge in [-0.3, -0.25) is 14.6 Å². The van der Waals surface area contributed by atoms with Crippen LogP contribution < -0.4 is 5.32 Å². The predicted molar refractivity (Wildman–Crippen MR) is 106 cm³/mol. The molecular formula is C21H19N3O2S. The summed E-state index contributed by atoms with van der Waals surface area (Å²) in [4.78, 5) is 32.5. The molecule has 0 radical (unpaired) electrons. The number of pyridine rings is 1. The van der Waals surface area contributed by atoms with Crippen molar-refractivity contribution < 1.29 is 9.59 Å². The van der Waals surface area contributed by atoms with Crippen molar-refractivity contribution in [2.75, 3.05) is 11.9 Å². The summed E-state index contributed by atoms with van der Waals surface area (Å²) in [6.07, 6.45) is 5.13. The molecule has 1 aliphatic heterocycles. The third kappa shape index (κ3) is 3.75. The van der Waals surface area contributed by atoms with Crippen LogP contribution in [0.5, 0.6) is 0 Å². The molecule has 6 heteroatoms. The summed E-state index contributed by atoms with van der Waals surface area (Å²) in [5.41, 5.74) is 1.66. The number of benzene rings is 1. The predicted octanol–water partition coefficient (Wildman–Crippen LogP) is 4.37. The van der Waals surface area contributed by atoms with Gasteiger partial charge in [0.25, 0.3) is 11.8 Å². The number of carbonyl (C=O) groups excluding carboxylic acids is 2. The zero-order valence-corrected chi connectivity index (χ0v) is 15.5. The lowest BCUT2D eigenvalue weighted by Gasteiger charge is -2.24. The fraction of sp³-hybridized carbons (Fsp3) is 0.190. The van der Waals surface area contributed by atoms with E-state index in [1.807, 2.05) is 16.3 Å². The van der Waals surface area contributed by atoms with Crippen LogP contribution in [-0.2, 0) is 0 Å². The highest BCUT2D eigenvalue weighted by Crippen LogP contribution is 2.35. The minimum absolute atomic E-state index is 0.00313. The quantitative estimate of drug-likeness (QED) is 0.734. The van der Waals surface area contributed by atoms with E-state index in [1.165, 1.54) is 11.1 Å². The maximum Gasteiger partial charge on any atom is 0.257 e. The number of rotatable bonds is 4. The van der Waals surface area contributed by atoms with Crippen LogP contribution in [0.25, 0.3) is 0 Å². The van der Waals surface area contributed by atoms with Crippen LogP contribution in [0.2, 0.25) is 0 Å². The molecule has 1 aliphatic rings. The fourth-order valence-electron chi connectivity index (χ4n) is 3.38. The molecule has 5 nitrogen and oxygen atoms in total. The second kappa shape index (κ2) is 7.72. The molecular weight excluding hydrogens is 358 g/mol. The van der Waals surface area contributed by atoms with E-state index in [1.54, 1.807) is 53.9 Å². The molecule has 0 aliphatic carbocycles. The topological polar surface area (TPSA) is 62.3 Å². The first-order valence-corrected chi connectivity index (χ1v) is 9.76. The molecule has 3 aromatic rings. The Bertz CT molecular complexity index is 941. The Morgan fingerprint density at radius 2 is 2.00 bits per heavy atom. The Kier molecular flexibility index (Phi) is 4.98. The van der Waals surface area contributed by atoms with Crippen LogP contribution in [0, 0.1) is 0 Å². The average molecular weight is 377 g/mol. The average Bonchev–Trinajstić information content (AvgIpc) is 3.39. The molecule has 3 heterocycles. The van der Waals surface area contributed by atoms with Crippen molar-refractivity contribution in [1.29, 1.82) is 0 Å². The van der Waals surface area contributed by atoms with Crippen molar-refractivity contribution in [2.45, 2.75) is 18.9 Å². The van der Waals surface area contributed by atoms with Crippen molar-refractivity contribution >= 4 is 28.8 Å². The Morgan fingerprint density at radius 3 is 2.78 bits per heavy atom. The fourth-order valence-corrected chi connectivity index (χ4v) is 4.26. The van der Waals surface area contributed by atoms with Gasteiger partial charge < -0.3 is 10.2 Å². The second-order valence-corrected chi connectivity index (χ2v) is 7.43. The summed E-state index contributed by atoms with van der Waals surface area (Å²) in [6.45, 7) is 0.758. The summed E-state index contributed by atoms with van der Waals surface area (Å²) < 4.78 is 0. The summed E-state index contributed by atoms with van der Waals surface area (Å²) in [5, 5.41) is 4.88. The van der Waals surface area contributed by atoms with E-state index in [-0.39, 0.29) is 17.9 Å². The summed E-state index contributed by atoms with van der Waals surface area (Å²) >= 11 is 1.69. The summed E-state index contributed by atoms with van der Waals surface area (Å²) in [5.74, 6) is -0.242. The standard InChI is InChI=1S/C21H19N3O2S/c25-20(16-6-2-10-22-14-16)23-17-7-1-5-15(13-17)21(26)24-11-3-8-18(24)19-9-4-12-27-19/h1-2,4-7,9-10,12-14,18H,3,8,11H2,(H,23,25). The zero-order valence-electron chi connectivity index (χ0n) is 14.7. The Hall–Kier alpha value is -2.99. The molecule has 2 amide bonds. The van der Waals surface area contributed by atoms with Gasteiger partial charge in [0.05, 0.1) is 11.6 Å². The van der Waals surface area contributed by atoms with Gasteiger partial charge in [-0.15, -0.1) is 11.3 Å². The number of thiophene rings is 1. The van der Waals surface area contributed by atoms with Gasteiger partial charge in [-0.25, -0.2) is 0 Å². The van der Waals surface area contributed by atoms with Crippen molar-refractivity contribution in [2.24, 2.45) is 0 Å². The Labute approximate surface area is 161 Å². The van der Waals surface area contributed by atoms with Gasteiger partial charge in [-0.05, 0) is 54.6 Å². The Morgan fingerprint density at radius 1 is 1.11 bits per heavy atom. The van der Waals surface area contributed by atoms with Crippen LogP contribution in [0.3, 0.4) is 0 Å². The molecule has 27 heavy (non-hydrogen) atoms. The van der Waals surface area contributed by atoms with Gasteiger partial charge in [0, 0.05) is 35.1 Å². The Balaban J connectivity index is 1.52. The van der Waals surface area contributed by atoms with Crippen LogP contribution >= 0.6 is 11.3 Å². The molecule has 1 N–H and O–H groups in total. The first-order valence-electron chi connectivity index (χ1n) is 8.88. The van der Waals surface area contributed by atoms with Gasteiger partial charge in [0.1, 0.15) is 0 Å². The van der Waals surface area contributed by atoms with Crippen molar-refractivity contribution in [3.63, 3.8) is 0 Å². The number of amides is 2. The number of nitrogens with one attached hydrogen (secondary N) is 1. The molecule has 4 rings (SSSR count).